The second-order valence-corrected chi connectivity index (χ2v) is 9.02. The smallest absolute Gasteiger partial charge is 0.243 e. The zero-order valence-corrected chi connectivity index (χ0v) is 16.5. The Morgan fingerprint density at radius 2 is 1.64 bits per heavy atom. The molecule has 0 aliphatic carbocycles. The lowest BCUT2D eigenvalue weighted by Gasteiger charge is -2.35. The van der Waals surface area contributed by atoms with Crippen LogP contribution in [0.1, 0.15) is 12.5 Å². The molecule has 8 heteroatoms. The minimum atomic E-state index is -3.64. The number of sulfonamides is 1. The third kappa shape index (κ3) is 3.38. The van der Waals surface area contributed by atoms with Gasteiger partial charge in [-0.15, -0.1) is 0 Å². The Hall–Kier alpha value is -2.45. The summed E-state index contributed by atoms with van der Waals surface area (Å²) in [5.74, 6) is -0.373. The minimum absolute atomic E-state index is 0.0822. The Labute approximate surface area is 164 Å². The number of carbonyl (C=O) groups is 1. The number of amides is 1. The highest BCUT2D eigenvalue weighted by Gasteiger charge is 2.31. The summed E-state index contributed by atoms with van der Waals surface area (Å²) in [7, 11) is -3.64. The molecule has 0 aromatic heterocycles. The predicted octanol–water partition coefficient (Wildman–Crippen LogP) is 2.25. The van der Waals surface area contributed by atoms with Gasteiger partial charge in [0, 0.05) is 51.0 Å². The molecule has 1 saturated heterocycles. The molecule has 2 aliphatic heterocycles. The number of halogens is 1. The van der Waals surface area contributed by atoms with Gasteiger partial charge in [-0.2, -0.15) is 4.31 Å². The highest BCUT2D eigenvalue weighted by molar-refractivity contribution is 7.89. The van der Waals surface area contributed by atoms with Gasteiger partial charge in [-0.3, -0.25) is 4.79 Å². The maximum absolute atomic E-state index is 13.1. The van der Waals surface area contributed by atoms with E-state index in [0.29, 0.717) is 38.4 Å². The van der Waals surface area contributed by atoms with Gasteiger partial charge < -0.3 is 9.80 Å². The first-order chi connectivity index (χ1) is 13.4. The highest BCUT2D eigenvalue weighted by Crippen LogP contribution is 2.32. The minimum Gasteiger partial charge on any atom is -0.369 e. The Bertz CT molecular complexity index is 1000. The number of carbonyl (C=O) groups excluding carboxylic acids is 1. The summed E-state index contributed by atoms with van der Waals surface area (Å²) in [5.41, 5.74) is 2.57. The average molecular weight is 403 g/mol. The molecule has 0 atom stereocenters. The van der Waals surface area contributed by atoms with Crippen molar-refractivity contribution in [1.82, 2.24) is 4.31 Å². The van der Waals surface area contributed by atoms with E-state index in [4.69, 9.17) is 0 Å². The van der Waals surface area contributed by atoms with Crippen LogP contribution < -0.4 is 9.80 Å². The third-order valence-corrected chi connectivity index (χ3v) is 7.30. The molecule has 0 saturated carbocycles. The topological polar surface area (TPSA) is 60.9 Å². The molecule has 2 heterocycles. The quantitative estimate of drug-likeness (QED) is 0.789. The van der Waals surface area contributed by atoms with Crippen LogP contribution in [-0.2, 0) is 21.2 Å². The van der Waals surface area contributed by atoms with Crippen LogP contribution in [0, 0.1) is 5.82 Å². The summed E-state index contributed by atoms with van der Waals surface area (Å²) in [6.45, 7) is 3.86. The van der Waals surface area contributed by atoms with E-state index in [2.05, 4.69) is 0 Å². The number of anilines is 2. The SMILES string of the molecule is CC(=O)N1CCc2ccc(S(=O)(=O)N3CCN(c4ccc(F)cc4)CC3)cc21. The molecular weight excluding hydrogens is 381 g/mol. The first kappa shape index (κ1) is 18.9. The second kappa shape index (κ2) is 7.18. The van der Waals surface area contributed by atoms with Crippen molar-refractivity contribution in [2.45, 2.75) is 18.2 Å². The van der Waals surface area contributed by atoms with Crippen molar-refractivity contribution in [2.24, 2.45) is 0 Å². The zero-order valence-electron chi connectivity index (χ0n) is 15.6. The molecule has 148 valence electrons. The van der Waals surface area contributed by atoms with Gasteiger partial charge in [0.2, 0.25) is 15.9 Å². The molecule has 1 fully saturated rings. The van der Waals surface area contributed by atoms with Crippen molar-refractivity contribution >= 4 is 27.3 Å². The van der Waals surface area contributed by atoms with Crippen LogP contribution in [0.25, 0.3) is 0 Å². The van der Waals surface area contributed by atoms with Crippen molar-refractivity contribution < 1.29 is 17.6 Å². The van der Waals surface area contributed by atoms with Crippen LogP contribution >= 0.6 is 0 Å². The monoisotopic (exact) mass is 403 g/mol. The van der Waals surface area contributed by atoms with Crippen molar-refractivity contribution in [1.29, 1.82) is 0 Å². The first-order valence-electron chi connectivity index (χ1n) is 9.28. The van der Waals surface area contributed by atoms with Gasteiger partial charge in [-0.25, -0.2) is 12.8 Å². The van der Waals surface area contributed by atoms with Gasteiger partial charge in [0.1, 0.15) is 5.82 Å². The second-order valence-electron chi connectivity index (χ2n) is 7.08. The number of nitrogens with zero attached hydrogens (tertiary/aromatic N) is 3. The van der Waals surface area contributed by atoms with E-state index < -0.39 is 10.0 Å². The van der Waals surface area contributed by atoms with Gasteiger partial charge in [-0.05, 0) is 48.4 Å². The normalized spacial score (nSPS) is 17.6. The fraction of sp³-hybridized carbons (Fsp3) is 0.350. The van der Waals surface area contributed by atoms with Crippen LogP contribution in [0.15, 0.2) is 47.4 Å². The van der Waals surface area contributed by atoms with Gasteiger partial charge in [0.25, 0.3) is 0 Å². The number of piperazine rings is 1. The van der Waals surface area contributed by atoms with E-state index in [1.54, 1.807) is 35.2 Å². The van der Waals surface area contributed by atoms with E-state index in [1.165, 1.54) is 23.4 Å². The predicted molar refractivity (Wildman–Crippen MR) is 106 cm³/mol. The maximum Gasteiger partial charge on any atom is 0.243 e. The van der Waals surface area contributed by atoms with Crippen molar-refractivity contribution in [3.05, 3.63) is 53.8 Å². The molecule has 0 spiro atoms. The molecule has 4 rings (SSSR count). The molecule has 0 unspecified atom stereocenters. The standard InChI is InChI=1S/C20H22FN3O3S/c1-15(25)24-9-8-16-2-7-19(14-20(16)24)28(26,27)23-12-10-22(11-13-23)18-5-3-17(21)4-6-18/h2-7,14H,8-13H2,1H3. The van der Waals surface area contributed by atoms with Gasteiger partial charge in [0.15, 0.2) is 0 Å². The van der Waals surface area contributed by atoms with Crippen LogP contribution in [0.3, 0.4) is 0 Å². The summed E-state index contributed by atoms with van der Waals surface area (Å²) in [6.07, 6.45) is 0.742. The Kier molecular flexibility index (Phi) is 4.84. The van der Waals surface area contributed by atoms with Crippen LogP contribution in [0.4, 0.5) is 15.8 Å². The largest absolute Gasteiger partial charge is 0.369 e. The van der Waals surface area contributed by atoms with E-state index >= 15 is 0 Å². The van der Waals surface area contributed by atoms with Crippen molar-refractivity contribution in [2.75, 3.05) is 42.5 Å². The van der Waals surface area contributed by atoms with E-state index in [-0.39, 0.29) is 16.6 Å². The number of benzene rings is 2. The third-order valence-electron chi connectivity index (χ3n) is 5.40. The van der Waals surface area contributed by atoms with Crippen molar-refractivity contribution in [3.63, 3.8) is 0 Å². The van der Waals surface area contributed by atoms with E-state index in [0.717, 1.165) is 17.7 Å². The zero-order chi connectivity index (χ0) is 19.9. The van der Waals surface area contributed by atoms with Crippen LogP contribution in [-0.4, -0.2) is 51.4 Å². The molecule has 2 aliphatic rings. The molecular formula is C20H22FN3O3S. The Balaban J connectivity index is 1.51. The average Bonchev–Trinajstić information content (AvgIpc) is 3.12. The van der Waals surface area contributed by atoms with Crippen LogP contribution in [0.2, 0.25) is 0 Å². The summed E-state index contributed by atoms with van der Waals surface area (Å²) in [4.78, 5) is 15.7. The molecule has 1 amide bonds. The molecule has 0 bridgehead atoms. The van der Waals surface area contributed by atoms with E-state index in [9.17, 15) is 17.6 Å². The molecule has 0 radical (unpaired) electrons. The Morgan fingerprint density at radius 3 is 2.29 bits per heavy atom. The number of hydrogen-bond acceptors (Lipinski definition) is 4. The maximum atomic E-state index is 13.1. The Morgan fingerprint density at radius 1 is 0.964 bits per heavy atom. The van der Waals surface area contributed by atoms with Gasteiger partial charge in [0.05, 0.1) is 4.90 Å². The summed E-state index contributed by atoms with van der Waals surface area (Å²) < 4.78 is 40.8. The fourth-order valence-electron chi connectivity index (χ4n) is 3.83. The summed E-state index contributed by atoms with van der Waals surface area (Å²) in [5, 5.41) is 0. The van der Waals surface area contributed by atoms with Crippen molar-refractivity contribution in [3.8, 4) is 0 Å². The highest BCUT2D eigenvalue weighted by atomic mass is 32.2. The lowest BCUT2D eigenvalue weighted by Crippen LogP contribution is -2.48. The molecule has 28 heavy (non-hydrogen) atoms. The number of rotatable bonds is 3. The summed E-state index contributed by atoms with van der Waals surface area (Å²) in [6, 6.07) is 11.3. The lowest BCUT2D eigenvalue weighted by atomic mass is 10.2. The van der Waals surface area contributed by atoms with Crippen LogP contribution in [0.5, 0.6) is 0 Å². The fourth-order valence-corrected chi connectivity index (χ4v) is 5.28. The van der Waals surface area contributed by atoms with E-state index in [1.807, 2.05) is 4.90 Å². The molecule has 0 N–H and O–H groups in total. The summed E-state index contributed by atoms with van der Waals surface area (Å²) >= 11 is 0. The van der Waals surface area contributed by atoms with Gasteiger partial charge in [-0.1, -0.05) is 6.07 Å². The lowest BCUT2D eigenvalue weighted by molar-refractivity contribution is -0.116. The molecule has 2 aromatic carbocycles. The first-order valence-corrected chi connectivity index (χ1v) is 10.7. The number of hydrogen-bond donors (Lipinski definition) is 0. The number of fused-ring (bicyclic) bond motifs is 1. The van der Waals surface area contributed by atoms with Gasteiger partial charge >= 0.3 is 0 Å². The molecule has 6 nitrogen and oxygen atoms in total. The molecule has 2 aromatic rings.